The summed E-state index contributed by atoms with van der Waals surface area (Å²) in [6, 6.07) is 12.1. The first kappa shape index (κ1) is 19.1. The van der Waals surface area contributed by atoms with Crippen LogP contribution in [0.4, 0.5) is 0 Å². The van der Waals surface area contributed by atoms with Gasteiger partial charge >= 0.3 is 10.1 Å². The van der Waals surface area contributed by atoms with Crippen LogP contribution in [0.3, 0.4) is 0 Å². The van der Waals surface area contributed by atoms with E-state index in [4.69, 9.17) is 9.92 Å². The van der Waals surface area contributed by atoms with Crippen molar-refractivity contribution >= 4 is 10.1 Å². The largest absolute Gasteiger partial charge is 0.378 e. The van der Waals surface area contributed by atoms with Crippen LogP contribution in [-0.4, -0.2) is 23.0 Å². The average Bonchev–Trinajstić information content (AvgIpc) is 3.02. The van der Waals surface area contributed by atoms with E-state index in [1.165, 1.54) is 0 Å². The molecule has 0 aliphatic heterocycles. The van der Waals surface area contributed by atoms with Gasteiger partial charge in [0, 0.05) is 18.9 Å². The summed E-state index contributed by atoms with van der Waals surface area (Å²) in [5, 5.41) is -0.0872. The maximum Gasteiger partial charge on any atom is 0.358 e. The van der Waals surface area contributed by atoms with E-state index >= 15 is 0 Å². The molecule has 27 heavy (non-hydrogen) atoms. The highest BCUT2D eigenvalue weighted by molar-refractivity contribution is 7.87. The van der Waals surface area contributed by atoms with Crippen molar-refractivity contribution in [3.63, 3.8) is 0 Å². The first-order valence-electron chi connectivity index (χ1n) is 8.60. The lowest BCUT2D eigenvalue weighted by Gasteiger charge is -2.15. The summed E-state index contributed by atoms with van der Waals surface area (Å²) in [6.07, 6.45) is 3.39. The zero-order valence-corrected chi connectivity index (χ0v) is 16.1. The number of nitrogens with two attached hydrogens (primary N) is 1. The van der Waals surface area contributed by atoms with Crippen LogP contribution in [0.25, 0.3) is 0 Å². The van der Waals surface area contributed by atoms with Crippen LogP contribution >= 0.6 is 0 Å². The second-order valence-corrected chi connectivity index (χ2v) is 7.83. The lowest BCUT2D eigenvalue weighted by atomic mass is 10.1. The Labute approximate surface area is 159 Å². The van der Waals surface area contributed by atoms with Gasteiger partial charge in [-0.05, 0) is 35.7 Å². The zero-order valence-electron chi connectivity index (χ0n) is 15.2. The second kappa shape index (κ2) is 7.89. The topological polar surface area (TPSA) is 100 Å². The third-order valence-electron chi connectivity index (χ3n) is 4.06. The number of para-hydroxylation sites is 1. The van der Waals surface area contributed by atoms with E-state index in [1.807, 2.05) is 30.5 Å². The molecule has 3 aromatic rings. The summed E-state index contributed by atoms with van der Waals surface area (Å²) in [4.78, 5) is 8.34. The Hall–Kier alpha value is -2.71. The van der Waals surface area contributed by atoms with Crippen LogP contribution in [-0.2, 0) is 23.2 Å². The third-order valence-corrected chi connectivity index (χ3v) is 5.24. The number of imidazole rings is 1. The zero-order chi connectivity index (χ0) is 19.4. The van der Waals surface area contributed by atoms with Crippen molar-refractivity contribution in [1.82, 2.24) is 14.5 Å². The maximum atomic E-state index is 12.9. The van der Waals surface area contributed by atoms with Crippen LogP contribution in [0.5, 0.6) is 5.75 Å². The molecule has 142 valence electrons. The van der Waals surface area contributed by atoms with Gasteiger partial charge in [0.25, 0.3) is 0 Å². The predicted octanol–water partition coefficient (Wildman–Crippen LogP) is 2.68. The molecule has 0 aliphatic carbocycles. The monoisotopic (exact) mass is 386 g/mol. The van der Waals surface area contributed by atoms with Gasteiger partial charge in [0.2, 0.25) is 5.03 Å². The molecule has 0 radical (unpaired) electrons. The molecule has 0 unspecified atom stereocenters. The fraction of sp³-hybridized carbons (Fsp3) is 0.263. The Bertz CT molecular complexity index is 1000. The molecule has 0 aliphatic rings. The Morgan fingerprint density at radius 2 is 1.78 bits per heavy atom. The minimum atomic E-state index is -4.09. The number of benzene rings is 1. The van der Waals surface area contributed by atoms with Crippen LogP contribution in [0.1, 0.15) is 36.8 Å². The van der Waals surface area contributed by atoms with Crippen molar-refractivity contribution < 1.29 is 12.6 Å². The van der Waals surface area contributed by atoms with Gasteiger partial charge in [-0.25, -0.2) is 4.98 Å². The molecule has 2 heterocycles. The van der Waals surface area contributed by atoms with Crippen molar-refractivity contribution in [3.8, 4) is 5.75 Å². The summed E-state index contributed by atoms with van der Waals surface area (Å²) >= 11 is 0. The van der Waals surface area contributed by atoms with Crippen molar-refractivity contribution in [1.29, 1.82) is 0 Å². The lowest BCUT2D eigenvalue weighted by Crippen LogP contribution is -2.15. The fourth-order valence-corrected chi connectivity index (χ4v) is 4.14. The Kier molecular flexibility index (Phi) is 5.57. The van der Waals surface area contributed by atoms with Crippen LogP contribution in [0.2, 0.25) is 0 Å². The first-order chi connectivity index (χ1) is 12.9. The SMILES string of the molecule is CC(C)c1c(S(=O)(=O)Oc2ccccc2)nc(CN)n1Cc1ccncc1. The molecular formula is C19H22N4O3S. The van der Waals surface area contributed by atoms with Gasteiger partial charge in [-0.3, -0.25) is 4.98 Å². The van der Waals surface area contributed by atoms with Crippen molar-refractivity contribution in [2.24, 2.45) is 5.73 Å². The highest BCUT2D eigenvalue weighted by atomic mass is 32.2. The Morgan fingerprint density at radius 3 is 2.37 bits per heavy atom. The lowest BCUT2D eigenvalue weighted by molar-refractivity contribution is 0.480. The van der Waals surface area contributed by atoms with Gasteiger partial charge < -0.3 is 14.5 Å². The molecule has 0 spiro atoms. The van der Waals surface area contributed by atoms with Gasteiger partial charge in [0.05, 0.1) is 12.2 Å². The fourth-order valence-electron chi connectivity index (χ4n) is 2.88. The van der Waals surface area contributed by atoms with E-state index in [-0.39, 0.29) is 23.2 Å². The van der Waals surface area contributed by atoms with Gasteiger partial charge in [-0.2, -0.15) is 8.42 Å². The molecule has 0 atom stereocenters. The molecule has 2 aromatic heterocycles. The number of hydrogen-bond donors (Lipinski definition) is 1. The molecule has 3 rings (SSSR count). The van der Waals surface area contributed by atoms with Gasteiger partial charge in [0.15, 0.2) is 0 Å². The quantitative estimate of drug-likeness (QED) is 0.627. The maximum absolute atomic E-state index is 12.9. The van der Waals surface area contributed by atoms with Gasteiger partial charge in [-0.1, -0.05) is 32.0 Å². The summed E-state index contributed by atoms with van der Waals surface area (Å²) in [5.74, 6) is 0.639. The summed E-state index contributed by atoms with van der Waals surface area (Å²) < 4.78 is 33.0. The average molecular weight is 386 g/mol. The normalized spacial score (nSPS) is 11.7. The summed E-state index contributed by atoms with van der Waals surface area (Å²) in [7, 11) is -4.09. The van der Waals surface area contributed by atoms with Gasteiger partial charge in [0.1, 0.15) is 11.6 Å². The first-order valence-corrected chi connectivity index (χ1v) is 10.0. The standard InChI is InChI=1S/C19H22N4O3S/c1-14(2)18-19(27(24,25)26-16-6-4-3-5-7-16)22-17(12-20)23(18)13-15-8-10-21-11-9-15/h3-11,14H,12-13,20H2,1-2H3. The number of pyridine rings is 1. The molecule has 0 bridgehead atoms. The van der Waals surface area contributed by atoms with Crippen LogP contribution < -0.4 is 9.92 Å². The Morgan fingerprint density at radius 1 is 1.11 bits per heavy atom. The molecular weight excluding hydrogens is 364 g/mol. The predicted molar refractivity (Wildman–Crippen MR) is 102 cm³/mol. The molecule has 0 amide bonds. The van der Waals surface area contributed by atoms with E-state index in [1.54, 1.807) is 42.7 Å². The van der Waals surface area contributed by atoms with E-state index in [2.05, 4.69) is 9.97 Å². The molecule has 1 aromatic carbocycles. The molecule has 0 saturated heterocycles. The minimum absolute atomic E-state index is 0.0872. The van der Waals surface area contributed by atoms with Crippen molar-refractivity contribution in [2.45, 2.75) is 37.9 Å². The number of nitrogens with zero attached hydrogens (tertiary/aromatic N) is 3. The number of aromatic nitrogens is 3. The van der Waals surface area contributed by atoms with E-state index in [9.17, 15) is 8.42 Å². The molecule has 8 heteroatoms. The second-order valence-electron chi connectivity index (χ2n) is 6.37. The molecule has 2 N–H and O–H groups in total. The summed E-state index contributed by atoms with van der Waals surface area (Å²) in [5.41, 5.74) is 7.40. The number of hydrogen-bond acceptors (Lipinski definition) is 6. The molecule has 0 saturated carbocycles. The van der Waals surface area contributed by atoms with Crippen LogP contribution in [0, 0.1) is 0 Å². The highest BCUT2D eigenvalue weighted by Gasteiger charge is 2.30. The summed E-state index contributed by atoms with van der Waals surface area (Å²) in [6.45, 7) is 4.41. The van der Waals surface area contributed by atoms with Crippen molar-refractivity contribution in [2.75, 3.05) is 0 Å². The van der Waals surface area contributed by atoms with E-state index in [0.717, 1.165) is 5.56 Å². The van der Waals surface area contributed by atoms with Gasteiger partial charge in [-0.15, -0.1) is 0 Å². The van der Waals surface area contributed by atoms with E-state index < -0.39 is 10.1 Å². The Balaban J connectivity index is 2.07. The van der Waals surface area contributed by atoms with Crippen LogP contribution in [0.15, 0.2) is 59.9 Å². The smallest absolute Gasteiger partial charge is 0.358 e. The number of rotatable bonds is 7. The van der Waals surface area contributed by atoms with E-state index in [0.29, 0.717) is 18.1 Å². The third kappa shape index (κ3) is 4.17. The minimum Gasteiger partial charge on any atom is -0.378 e. The highest BCUT2D eigenvalue weighted by Crippen LogP contribution is 2.28. The van der Waals surface area contributed by atoms with Crippen molar-refractivity contribution in [3.05, 3.63) is 71.9 Å². The molecule has 0 fully saturated rings. The molecule has 7 nitrogen and oxygen atoms in total.